The summed E-state index contributed by atoms with van der Waals surface area (Å²) in [6.45, 7) is 6.19. The summed E-state index contributed by atoms with van der Waals surface area (Å²) in [5, 5.41) is 12.6. The fourth-order valence-electron chi connectivity index (χ4n) is 9.18. The van der Waals surface area contributed by atoms with Crippen molar-refractivity contribution in [1.82, 2.24) is 9.55 Å². The molecule has 0 amide bonds. The average molecular weight is 546 g/mol. The van der Waals surface area contributed by atoms with Crippen LogP contribution in [0.5, 0.6) is 0 Å². The number of aliphatic imine (C=N–C) groups is 1. The molecule has 1 N–H and O–H groups in total. The van der Waals surface area contributed by atoms with Crippen LogP contribution < -0.4 is 0 Å². The molecule has 0 radical (unpaired) electrons. The number of allylic oxidation sites excluding steroid dienone is 4. The van der Waals surface area contributed by atoms with E-state index < -0.39 is 17.1 Å². The third-order valence-corrected chi connectivity index (χ3v) is 11.9. The van der Waals surface area contributed by atoms with Gasteiger partial charge >= 0.3 is 0 Å². The van der Waals surface area contributed by atoms with Gasteiger partial charge in [0.05, 0.1) is 22.9 Å². The maximum absolute atomic E-state index is 14.4. The average Bonchev–Trinajstić information content (AvgIpc) is 3.49. The lowest BCUT2D eigenvalue weighted by molar-refractivity contribution is -0.141. The second-order valence-electron chi connectivity index (χ2n) is 12.6. The number of rotatable bonds is 4. The number of ether oxygens (including phenoxy) is 1. The van der Waals surface area contributed by atoms with E-state index in [1.54, 1.807) is 12.2 Å². The molecule has 204 valence electrons. The van der Waals surface area contributed by atoms with Crippen LogP contribution in [0.3, 0.4) is 0 Å². The number of aromatic nitrogens is 2. The molecule has 2 aromatic rings. The Morgan fingerprint density at radius 3 is 2.87 bits per heavy atom. The normalized spacial score (nSPS) is 40.3. The van der Waals surface area contributed by atoms with Crippen LogP contribution >= 0.6 is 11.8 Å². The number of carbonyl (C=O) groups is 2. The highest BCUT2D eigenvalue weighted by Gasteiger charge is 2.74. The van der Waals surface area contributed by atoms with Crippen molar-refractivity contribution in [3.05, 3.63) is 48.1 Å². The van der Waals surface area contributed by atoms with Crippen molar-refractivity contribution in [3.63, 3.8) is 0 Å². The maximum atomic E-state index is 14.4. The number of para-hydroxylation sites is 2. The molecule has 7 rings (SSSR count). The van der Waals surface area contributed by atoms with Gasteiger partial charge in [0.25, 0.3) is 0 Å². The number of hydrogen-bond acceptors (Lipinski definition) is 7. The topological polar surface area (TPSA) is 93.8 Å². The number of aliphatic hydroxyl groups excluding tert-OH is 1. The SMILES string of the molecule is CC1=N[C@]2(C(=O)CSc3nc4ccccc4n3C)[C@@H](CC3C4CCC5=CC(=O)C=CC5(C)C4[C@@H](O)CC32C)O1. The van der Waals surface area contributed by atoms with Gasteiger partial charge in [0, 0.05) is 30.7 Å². The first-order valence-electron chi connectivity index (χ1n) is 14.0. The summed E-state index contributed by atoms with van der Waals surface area (Å²) in [5.74, 6) is 1.32. The highest BCUT2D eigenvalue weighted by atomic mass is 32.2. The summed E-state index contributed by atoms with van der Waals surface area (Å²) < 4.78 is 8.33. The van der Waals surface area contributed by atoms with Crippen LogP contribution in [0, 0.1) is 28.6 Å². The van der Waals surface area contributed by atoms with Crippen LogP contribution in [0.4, 0.5) is 0 Å². The van der Waals surface area contributed by atoms with Crippen molar-refractivity contribution >= 4 is 40.3 Å². The van der Waals surface area contributed by atoms with Gasteiger partial charge in [-0.15, -0.1) is 0 Å². The highest BCUT2D eigenvalue weighted by Crippen LogP contribution is 2.69. The Labute approximate surface area is 232 Å². The molecule has 3 fully saturated rings. The summed E-state index contributed by atoms with van der Waals surface area (Å²) >= 11 is 1.46. The smallest absolute Gasteiger partial charge is 0.181 e. The number of nitrogens with zero attached hydrogens (tertiary/aromatic N) is 3. The highest BCUT2D eigenvalue weighted by molar-refractivity contribution is 7.99. The number of thioether (sulfide) groups is 1. The van der Waals surface area contributed by atoms with Crippen molar-refractivity contribution in [3.8, 4) is 0 Å². The number of ketones is 2. The van der Waals surface area contributed by atoms with E-state index in [1.807, 2.05) is 48.9 Å². The molecule has 0 bridgehead atoms. The summed E-state index contributed by atoms with van der Waals surface area (Å²) in [4.78, 5) is 36.3. The minimum atomic E-state index is -1.01. The largest absolute Gasteiger partial charge is 0.475 e. The van der Waals surface area contributed by atoms with Gasteiger partial charge in [-0.1, -0.05) is 49.4 Å². The van der Waals surface area contributed by atoms with Gasteiger partial charge in [0.1, 0.15) is 6.10 Å². The number of imidazole rings is 1. The summed E-state index contributed by atoms with van der Waals surface area (Å²) in [7, 11) is 1.98. The summed E-state index contributed by atoms with van der Waals surface area (Å²) in [5.41, 5.74) is 1.20. The molecule has 0 spiro atoms. The summed E-state index contributed by atoms with van der Waals surface area (Å²) in [6.07, 6.45) is 7.53. The fraction of sp³-hybridized carbons (Fsp3) is 0.548. The van der Waals surface area contributed by atoms with Gasteiger partial charge in [-0.3, -0.25) is 9.59 Å². The molecule has 4 aliphatic carbocycles. The van der Waals surface area contributed by atoms with E-state index >= 15 is 0 Å². The molecule has 0 saturated heterocycles. The summed E-state index contributed by atoms with van der Waals surface area (Å²) in [6, 6.07) is 7.98. The van der Waals surface area contributed by atoms with E-state index in [-0.39, 0.29) is 46.6 Å². The Balaban J connectivity index is 1.23. The van der Waals surface area contributed by atoms with Gasteiger partial charge in [-0.25, -0.2) is 9.98 Å². The number of hydrogen-bond donors (Lipinski definition) is 1. The molecule has 1 aromatic heterocycles. The van der Waals surface area contributed by atoms with Crippen molar-refractivity contribution in [2.75, 3.05) is 5.75 Å². The minimum absolute atomic E-state index is 0.00496. The molecule has 7 nitrogen and oxygen atoms in total. The molecule has 39 heavy (non-hydrogen) atoms. The number of Topliss-reactive ketones (excluding diaryl/α,β-unsaturated/α-hetero) is 1. The predicted octanol–water partition coefficient (Wildman–Crippen LogP) is 4.68. The van der Waals surface area contributed by atoms with Crippen molar-refractivity contribution in [2.45, 2.75) is 69.4 Å². The predicted molar refractivity (Wildman–Crippen MR) is 151 cm³/mol. The number of benzene rings is 1. The Hall–Kier alpha value is -2.71. The van der Waals surface area contributed by atoms with Crippen molar-refractivity contribution in [2.24, 2.45) is 40.6 Å². The van der Waals surface area contributed by atoms with Crippen LogP contribution in [0.15, 0.2) is 58.2 Å². The van der Waals surface area contributed by atoms with E-state index in [4.69, 9.17) is 14.7 Å². The molecule has 1 aliphatic heterocycles. The number of carbonyl (C=O) groups excluding carboxylic acids is 2. The fourth-order valence-corrected chi connectivity index (χ4v) is 10.1. The second kappa shape index (κ2) is 8.40. The first kappa shape index (κ1) is 25.3. The Morgan fingerprint density at radius 1 is 1.28 bits per heavy atom. The quantitative estimate of drug-likeness (QED) is 0.561. The zero-order chi connectivity index (χ0) is 27.3. The van der Waals surface area contributed by atoms with E-state index in [1.165, 1.54) is 11.8 Å². The van der Waals surface area contributed by atoms with Gasteiger partial charge in [0.15, 0.2) is 28.2 Å². The zero-order valence-electron chi connectivity index (χ0n) is 22.9. The third kappa shape index (κ3) is 3.27. The lowest BCUT2D eigenvalue weighted by Crippen LogP contribution is -2.62. The molecular weight excluding hydrogens is 510 g/mol. The molecule has 3 saturated carbocycles. The maximum Gasteiger partial charge on any atom is 0.181 e. The number of fused-ring (bicyclic) bond motifs is 8. The molecule has 5 unspecified atom stereocenters. The van der Waals surface area contributed by atoms with E-state index in [2.05, 4.69) is 13.8 Å². The molecular formula is C31H35N3O4S. The number of aryl methyl sites for hydroxylation is 1. The molecule has 5 aliphatic rings. The van der Waals surface area contributed by atoms with Crippen LogP contribution in [-0.4, -0.2) is 55.6 Å². The van der Waals surface area contributed by atoms with Crippen molar-refractivity contribution < 1.29 is 19.4 Å². The molecule has 8 atom stereocenters. The van der Waals surface area contributed by atoms with Crippen LogP contribution in [0.25, 0.3) is 11.0 Å². The van der Waals surface area contributed by atoms with Crippen LogP contribution in [0.2, 0.25) is 0 Å². The first-order chi connectivity index (χ1) is 18.6. The molecule has 2 heterocycles. The van der Waals surface area contributed by atoms with Gasteiger partial charge in [-0.2, -0.15) is 0 Å². The standard InChI is InChI=1S/C31H35N3O4S/c1-17-33-31(25(37)16-39-28-32-22-7-5-6-8-23(22)34(28)4)26(38-17)14-21-20-10-9-18-13-19(35)11-12-29(18,2)27(20)24(36)15-30(21,31)3/h5-8,11-13,20-21,24,26-27,36H,9-10,14-16H2,1-4H3/t20?,21?,24-,26+,27?,29?,30?,31+/m0/s1. The Kier molecular flexibility index (Phi) is 5.44. The lowest BCUT2D eigenvalue weighted by Gasteiger charge is -2.59. The first-order valence-corrected chi connectivity index (χ1v) is 15.0. The Morgan fingerprint density at radius 2 is 2.08 bits per heavy atom. The van der Waals surface area contributed by atoms with Crippen LogP contribution in [0.1, 0.15) is 46.5 Å². The van der Waals surface area contributed by atoms with E-state index in [0.717, 1.165) is 41.0 Å². The lowest BCUT2D eigenvalue weighted by atomic mass is 9.46. The second-order valence-corrected chi connectivity index (χ2v) is 13.5. The van der Waals surface area contributed by atoms with Gasteiger partial charge in [0.2, 0.25) is 0 Å². The monoisotopic (exact) mass is 545 g/mol. The minimum Gasteiger partial charge on any atom is -0.475 e. The zero-order valence-corrected chi connectivity index (χ0v) is 23.7. The van der Waals surface area contributed by atoms with Gasteiger partial charge in [-0.05, 0) is 61.8 Å². The molecule has 1 aromatic carbocycles. The van der Waals surface area contributed by atoms with E-state index in [9.17, 15) is 14.7 Å². The van der Waals surface area contributed by atoms with Crippen molar-refractivity contribution in [1.29, 1.82) is 0 Å². The third-order valence-electron chi connectivity index (χ3n) is 10.8. The van der Waals surface area contributed by atoms with Crippen LogP contribution in [-0.2, 0) is 21.4 Å². The molecule has 8 heteroatoms. The number of aliphatic hydroxyl groups is 1. The Bertz CT molecular complexity index is 1510. The van der Waals surface area contributed by atoms with E-state index in [0.29, 0.717) is 12.3 Å². The van der Waals surface area contributed by atoms with Gasteiger partial charge < -0.3 is 14.4 Å².